The molecule has 23 heavy (non-hydrogen) atoms. The number of nitrogens with one attached hydrogen (secondary N) is 2. The molecular weight excluding hydrogens is 288 g/mol. The molecule has 2 heterocycles. The first-order valence-corrected chi connectivity index (χ1v) is 8.31. The minimum absolute atomic E-state index is 0.557. The molecule has 1 saturated heterocycles. The van der Waals surface area contributed by atoms with Crippen molar-refractivity contribution in [2.24, 2.45) is 0 Å². The van der Waals surface area contributed by atoms with E-state index in [9.17, 15) is 0 Å². The number of furan rings is 1. The van der Waals surface area contributed by atoms with Gasteiger partial charge in [0.1, 0.15) is 11.5 Å². The van der Waals surface area contributed by atoms with Crippen molar-refractivity contribution in [1.82, 2.24) is 10.6 Å². The van der Waals surface area contributed by atoms with Crippen LogP contribution in [0.15, 0.2) is 40.8 Å². The molecule has 1 aromatic heterocycles. The molecule has 0 radical (unpaired) electrons. The molecule has 4 N–H and O–H groups in total. The van der Waals surface area contributed by atoms with Gasteiger partial charge in [-0.3, -0.25) is 5.32 Å². The monoisotopic (exact) mass is 314 g/mol. The number of hydrogen-bond acceptors (Lipinski definition) is 5. The summed E-state index contributed by atoms with van der Waals surface area (Å²) in [5, 5.41) is 7.06. The number of aryl methyl sites for hydroxylation is 1. The second-order valence-electron chi connectivity index (χ2n) is 6.16. The molecule has 1 fully saturated rings. The minimum Gasteiger partial charge on any atom is -0.464 e. The third-order valence-electron chi connectivity index (χ3n) is 4.33. The van der Waals surface area contributed by atoms with Gasteiger partial charge in [0.2, 0.25) is 0 Å². The lowest BCUT2D eigenvalue weighted by Crippen LogP contribution is -2.45. The van der Waals surface area contributed by atoms with Crippen LogP contribution in [-0.2, 0) is 6.54 Å². The molecule has 0 aliphatic carbocycles. The van der Waals surface area contributed by atoms with E-state index >= 15 is 0 Å². The predicted octanol–water partition coefficient (Wildman–Crippen LogP) is 2.48. The highest BCUT2D eigenvalue weighted by molar-refractivity contribution is 5.67. The molecule has 1 aliphatic heterocycles. The molecular formula is C18H26N4O. The summed E-state index contributed by atoms with van der Waals surface area (Å²) in [5.74, 6) is 1.89. The van der Waals surface area contributed by atoms with Crippen molar-refractivity contribution in [3.63, 3.8) is 0 Å². The average molecular weight is 314 g/mol. The van der Waals surface area contributed by atoms with E-state index in [4.69, 9.17) is 10.2 Å². The van der Waals surface area contributed by atoms with Crippen LogP contribution in [-0.4, -0.2) is 25.8 Å². The summed E-state index contributed by atoms with van der Waals surface area (Å²) in [5.41, 5.74) is 8.02. The molecule has 0 amide bonds. The third-order valence-corrected chi connectivity index (χ3v) is 4.33. The van der Waals surface area contributed by atoms with E-state index in [0.717, 1.165) is 55.5 Å². The van der Waals surface area contributed by atoms with E-state index in [1.807, 2.05) is 37.3 Å². The fourth-order valence-corrected chi connectivity index (χ4v) is 3.03. The summed E-state index contributed by atoms with van der Waals surface area (Å²) in [6.45, 7) is 5.61. The Kier molecular flexibility index (Phi) is 5.20. The number of piperidine rings is 1. The van der Waals surface area contributed by atoms with Gasteiger partial charge >= 0.3 is 0 Å². The molecule has 124 valence electrons. The van der Waals surface area contributed by atoms with E-state index in [0.29, 0.717) is 12.6 Å². The van der Waals surface area contributed by atoms with Crippen molar-refractivity contribution in [1.29, 1.82) is 0 Å². The normalized spacial score (nSPS) is 15.7. The largest absolute Gasteiger partial charge is 0.464 e. The number of benzene rings is 1. The Hall–Kier alpha value is -1.98. The van der Waals surface area contributed by atoms with Crippen LogP contribution in [0.25, 0.3) is 0 Å². The molecule has 0 saturated carbocycles. The zero-order chi connectivity index (χ0) is 16.1. The quantitative estimate of drug-likeness (QED) is 0.565. The number of nitrogen functional groups attached to an aromatic ring is 1. The molecule has 5 heteroatoms. The van der Waals surface area contributed by atoms with Crippen LogP contribution in [0.3, 0.4) is 0 Å². The molecule has 0 spiro atoms. The number of para-hydroxylation sites is 2. The Morgan fingerprint density at radius 2 is 2.00 bits per heavy atom. The summed E-state index contributed by atoms with van der Waals surface area (Å²) in [7, 11) is 0. The van der Waals surface area contributed by atoms with Crippen molar-refractivity contribution in [2.45, 2.75) is 32.4 Å². The minimum atomic E-state index is 0.557. The fourth-order valence-electron chi connectivity index (χ4n) is 3.03. The first-order chi connectivity index (χ1) is 11.2. The standard InChI is InChI=1S/C18H26N4O/c1-14-6-7-16(23-14)12-22(18-5-3-2-4-17(18)19)13-21-15-8-10-20-11-9-15/h2-7,15,20-21H,8-13,19H2,1H3. The average Bonchev–Trinajstić information content (AvgIpc) is 2.98. The van der Waals surface area contributed by atoms with Crippen LogP contribution in [0.2, 0.25) is 0 Å². The van der Waals surface area contributed by atoms with Gasteiger partial charge in [-0.2, -0.15) is 0 Å². The first-order valence-electron chi connectivity index (χ1n) is 8.31. The molecule has 0 bridgehead atoms. The first kappa shape index (κ1) is 15.9. The van der Waals surface area contributed by atoms with E-state index in [1.165, 1.54) is 0 Å². The van der Waals surface area contributed by atoms with Crippen LogP contribution in [0, 0.1) is 6.92 Å². The molecule has 0 atom stereocenters. The van der Waals surface area contributed by atoms with E-state index in [1.54, 1.807) is 0 Å². The predicted molar refractivity (Wildman–Crippen MR) is 94.4 cm³/mol. The third kappa shape index (κ3) is 4.27. The van der Waals surface area contributed by atoms with Gasteiger partial charge in [0, 0.05) is 6.04 Å². The molecule has 2 aromatic rings. The Balaban J connectivity index is 1.71. The van der Waals surface area contributed by atoms with Crippen molar-refractivity contribution in [3.8, 4) is 0 Å². The SMILES string of the molecule is Cc1ccc(CN(CNC2CCNCC2)c2ccccc2N)o1. The van der Waals surface area contributed by atoms with Gasteiger partial charge in [0.15, 0.2) is 0 Å². The maximum absolute atomic E-state index is 6.18. The number of anilines is 2. The molecule has 1 aromatic carbocycles. The van der Waals surface area contributed by atoms with E-state index < -0.39 is 0 Å². The Labute approximate surface area is 137 Å². The Morgan fingerprint density at radius 3 is 2.70 bits per heavy atom. The van der Waals surface area contributed by atoms with Crippen molar-refractivity contribution in [2.75, 3.05) is 30.4 Å². The lowest BCUT2D eigenvalue weighted by atomic mass is 10.1. The smallest absolute Gasteiger partial charge is 0.123 e. The van der Waals surface area contributed by atoms with Gasteiger partial charge in [-0.15, -0.1) is 0 Å². The van der Waals surface area contributed by atoms with E-state index in [-0.39, 0.29) is 0 Å². The van der Waals surface area contributed by atoms with Crippen LogP contribution in [0.1, 0.15) is 24.4 Å². The topological polar surface area (TPSA) is 66.5 Å². The lowest BCUT2D eigenvalue weighted by molar-refractivity contribution is 0.382. The van der Waals surface area contributed by atoms with Gasteiger partial charge < -0.3 is 20.4 Å². The van der Waals surface area contributed by atoms with Gasteiger partial charge in [-0.1, -0.05) is 12.1 Å². The number of rotatable bonds is 6. The van der Waals surface area contributed by atoms with Crippen molar-refractivity contribution < 1.29 is 4.42 Å². The summed E-state index contributed by atoms with van der Waals surface area (Å²) in [6.07, 6.45) is 2.33. The van der Waals surface area contributed by atoms with Crippen LogP contribution in [0.5, 0.6) is 0 Å². The van der Waals surface area contributed by atoms with Gasteiger partial charge in [0.05, 0.1) is 24.6 Å². The number of hydrogen-bond donors (Lipinski definition) is 3. The molecule has 0 unspecified atom stereocenters. The molecule has 1 aliphatic rings. The highest BCUT2D eigenvalue weighted by Gasteiger charge is 2.16. The summed E-state index contributed by atoms with van der Waals surface area (Å²) in [4.78, 5) is 2.25. The summed E-state index contributed by atoms with van der Waals surface area (Å²) in [6, 6.07) is 12.6. The molecule has 5 nitrogen and oxygen atoms in total. The van der Waals surface area contributed by atoms with Gasteiger partial charge in [0.25, 0.3) is 0 Å². The summed E-state index contributed by atoms with van der Waals surface area (Å²) >= 11 is 0. The fraction of sp³-hybridized carbons (Fsp3) is 0.444. The second kappa shape index (κ2) is 7.53. The summed E-state index contributed by atoms with van der Waals surface area (Å²) < 4.78 is 5.75. The van der Waals surface area contributed by atoms with E-state index in [2.05, 4.69) is 21.6 Å². The number of nitrogens with zero attached hydrogens (tertiary/aromatic N) is 1. The zero-order valence-corrected chi connectivity index (χ0v) is 13.7. The van der Waals surface area contributed by atoms with Crippen LogP contribution in [0.4, 0.5) is 11.4 Å². The Morgan fingerprint density at radius 1 is 1.22 bits per heavy atom. The van der Waals surface area contributed by atoms with Crippen LogP contribution < -0.4 is 21.3 Å². The highest BCUT2D eigenvalue weighted by atomic mass is 16.3. The maximum atomic E-state index is 6.18. The van der Waals surface area contributed by atoms with Crippen molar-refractivity contribution >= 4 is 11.4 Å². The lowest BCUT2D eigenvalue weighted by Gasteiger charge is -2.30. The van der Waals surface area contributed by atoms with Gasteiger partial charge in [-0.25, -0.2) is 0 Å². The number of nitrogens with two attached hydrogens (primary N) is 1. The molecule has 3 rings (SSSR count). The van der Waals surface area contributed by atoms with Crippen molar-refractivity contribution in [3.05, 3.63) is 47.9 Å². The highest BCUT2D eigenvalue weighted by Crippen LogP contribution is 2.24. The second-order valence-corrected chi connectivity index (χ2v) is 6.16. The Bertz CT molecular complexity index is 619. The zero-order valence-electron chi connectivity index (χ0n) is 13.7. The van der Waals surface area contributed by atoms with Crippen LogP contribution >= 0.6 is 0 Å². The maximum Gasteiger partial charge on any atom is 0.123 e. The van der Waals surface area contributed by atoms with Gasteiger partial charge in [-0.05, 0) is 57.1 Å².